The Labute approximate surface area is 177 Å². The van der Waals surface area contributed by atoms with Crippen molar-refractivity contribution >= 4 is 40.7 Å². The number of nitrogens with zero attached hydrogens (tertiary/aromatic N) is 2. The Kier molecular flexibility index (Phi) is 3.51. The van der Waals surface area contributed by atoms with Gasteiger partial charge in [0.2, 0.25) is 11.8 Å². The Morgan fingerprint density at radius 3 is 2.13 bits per heavy atom. The number of hydrogen-bond donors (Lipinski definition) is 0. The summed E-state index contributed by atoms with van der Waals surface area (Å²) in [6.45, 7) is 0.532. The number of imide groups is 1. The Morgan fingerprint density at radius 2 is 1.50 bits per heavy atom. The van der Waals surface area contributed by atoms with Crippen molar-refractivity contribution in [3.63, 3.8) is 0 Å². The van der Waals surface area contributed by atoms with E-state index >= 15 is 0 Å². The lowest BCUT2D eigenvalue weighted by Gasteiger charge is -2.35. The Balaban J connectivity index is 1.54. The molecule has 4 aliphatic rings. The van der Waals surface area contributed by atoms with Crippen LogP contribution in [0.1, 0.15) is 33.6 Å². The molecular formula is C23H17ClN2O4. The number of benzene rings is 2. The van der Waals surface area contributed by atoms with Crippen LogP contribution < -0.4 is 4.90 Å². The van der Waals surface area contributed by atoms with E-state index in [9.17, 15) is 19.2 Å². The van der Waals surface area contributed by atoms with Crippen LogP contribution in [0, 0.1) is 11.8 Å². The standard InChI is InChI=1S/C23H17ClN2O4/c24-12-7-9-13(10-8-12)26-21(29)17-16-6-3-11-25(16)23(18(17)22(26)30)19(27)14-4-1-2-5-15(14)20(23)28/h1-2,4-5,7-10,16-18H,3,6,11H2. The summed E-state index contributed by atoms with van der Waals surface area (Å²) in [4.78, 5) is 57.5. The van der Waals surface area contributed by atoms with Crippen molar-refractivity contribution in [2.75, 3.05) is 11.4 Å². The van der Waals surface area contributed by atoms with Gasteiger partial charge in [-0.15, -0.1) is 0 Å². The summed E-state index contributed by atoms with van der Waals surface area (Å²) in [7, 11) is 0. The number of Topliss-reactive ketones (excluding diaryl/α,β-unsaturated/α-hetero) is 2. The largest absolute Gasteiger partial charge is 0.291 e. The lowest BCUT2D eigenvalue weighted by molar-refractivity contribution is -0.124. The summed E-state index contributed by atoms with van der Waals surface area (Å²) in [5.74, 6) is -3.20. The van der Waals surface area contributed by atoms with Gasteiger partial charge in [-0.25, -0.2) is 4.90 Å². The smallest absolute Gasteiger partial charge is 0.240 e. The van der Waals surface area contributed by atoms with Crippen molar-refractivity contribution in [1.82, 2.24) is 4.90 Å². The minimum absolute atomic E-state index is 0.286. The molecule has 30 heavy (non-hydrogen) atoms. The molecular weight excluding hydrogens is 404 g/mol. The number of anilines is 1. The van der Waals surface area contributed by atoms with Crippen LogP contribution in [-0.4, -0.2) is 46.4 Å². The summed E-state index contributed by atoms with van der Waals surface area (Å²) in [6.07, 6.45) is 1.47. The van der Waals surface area contributed by atoms with Gasteiger partial charge in [0, 0.05) is 22.2 Å². The average Bonchev–Trinajstić information content (AvgIpc) is 3.44. The number of halogens is 1. The minimum atomic E-state index is -1.61. The highest BCUT2D eigenvalue weighted by molar-refractivity contribution is 6.38. The lowest BCUT2D eigenvalue weighted by Crippen LogP contribution is -2.59. The number of rotatable bonds is 1. The molecule has 0 N–H and O–H groups in total. The molecule has 2 amide bonds. The first kappa shape index (κ1) is 18.0. The van der Waals surface area contributed by atoms with Crippen LogP contribution >= 0.6 is 11.6 Å². The van der Waals surface area contributed by atoms with Crippen molar-refractivity contribution in [3.8, 4) is 0 Å². The molecule has 1 aliphatic carbocycles. The van der Waals surface area contributed by atoms with Crippen molar-refractivity contribution in [2.24, 2.45) is 11.8 Å². The number of carbonyl (C=O) groups excluding carboxylic acids is 4. The molecule has 0 bridgehead atoms. The van der Waals surface area contributed by atoms with Crippen LogP contribution in [0.2, 0.25) is 5.02 Å². The van der Waals surface area contributed by atoms with Crippen molar-refractivity contribution < 1.29 is 19.2 Å². The second-order valence-electron chi connectivity index (χ2n) is 8.36. The fourth-order valence-corrected chi connectivity index (χ4v) is 6.21. The molecule has 3 atom stereocenters. The first-order valence-corrected chi connectivity index (χ1v) is 10.4. The van der Waals surface area contributed by atoms with Crippen molar-refractivity contribution in [2.45, 2.75) is 24.4 Å². The van der Waals surface area contributed by atoms with Gasteiger partial charge in [0.25, 0.3) is 0 Å². The predicted molar refractivity (Wildman–Crippen MR) is 108 cm³/mol. The zero-order chi connectivity index (χ0) is 20.8. The highest BCUT2D eigenvalue weighted by Crippen LogP contribution is 2.57. The van der Waals surface area contributed by atoms with E-state index in [1.54, 1.807) is 48.5 Å². The lowest BCUT2D eigenvalue weighted by atomic mass is 9.76. The van der Waals surface area contributed by atoms with Gasteiger partial charge in [0.1, 0.15) is 0 Å². The van der Waals surface area contributed by atoms with Gasteiger partial charge >= 0.3 is 0 Å². The maximum absolute atomic E-state index is 13.7. The summed E-state index contributed by atoms with van der Waals surface area (Å²) < 4.78 is 0. The molecule has 0 saturated carbocycles. The Morgan fingerprint density at radius 1 is 0.867 bits per heavy atom. The number of hydrogen-bond acceptors (Lipinski definition) is 5. The zero-order valence-corrected chi connectivity index (χ0v) is 16.6. The van der Waals surface area contributed by atoms with E-state index in [0.717, 1.165) is 11.3 Å². The fourth-order valence-electron chi connectivity index (χ4n) is 6.08. The Hall–Kier alpha value is -2.83. The molecule has 7 heteroatoms. The van der Waals surface area contributed by atoms with E-state index < -0.39 is 23.3 Å². The number of amides is 2. The molecule has 0 radical (unpaired) electrons. The summed E-state index contributed by atoms with van der Waals surface area (Å²) in [5, 5.41) is 0.494. The maximum atomic E-state index is 13.7. The molecule has 1 spiro atoms. The van der Waals surface area contributed by atoms with Crippen molar-refractivity contribution in [3.05, 3.63) is 64.7 Å². The molecule has 3 saturated heterocycles. The molecule has 2 aromatic rings. The predicted octanol–water partition coefficient (Wildman–Crippen LogP) is 2.74. The van der Waals surface area contributed by atoms with E-state index in [2.05, 4.69) is 0 Å². The first-order chi connectivity index (χ1) is 14.5. The van der Waals surface area contributed by atoms with Crippen LogP contribution in [0.25, 0.3) is 0 Å². The second-order valence-corrected chi connectivity index (χ2v) is 8.80. The number of ketones is 2. The van der Waals surface area contributed by atoms with Gasteiger partial charge in [-0.2, -0.15) is 0 Å². The second kappa shape index (κ2) is 5.86. The van der Waals surface area contributed by atoms with E-state index in [1.807, 2.05) is 4.90 Å². The van der Waals surface area contributed by atoms with Crippen LogP contribution in [0.15, 0.2) is 48.5 Å². The third-order valence-corrected chi connectivity index (χ3v) is 7.41. The topological polar surface area (TPSA) is 74.8 Å². The minimum Gasteiger partial charge on any atom is -0.291 e. The normalized spacial score (nSPS) is 29.1. The van der Waals surface area contributed by atoms with E-state index in [1.165, 1.54) is 0 Å². The van der Waals surface area contributed by atoms with Gasteiger partial charge < -0.3 is 0 Å². The number of carbonyl (C=O) groups is 4. The van der Waals surface area contributed by atoms with E-state index in [0.29, 0.717) is 34.8 Å². The molecule has 2 aromatic carbocycles. The molecule has 0 aromatic heterocycles. The van der Waals surface area contributed by atoms with Crippen molar-refractivity contribution in [1.29, 1.82) is 0 Å². The third kappa shape index (κ3) is 1.89. The molecule has 150 valence electrons. The van der Waals surface area contributed by atoms with Crippen LogP contribution in [-0.2, 0) is 9.59 Å². The van der Waals surface area contributed by atoms with Gasteiger partial charge in [0.15, 0.2) is 17.1 Å². The highest BCUT2D eigenvalue weighted by atomic mass is 35.5. The molecule has 3 unspecified atom stereocenters. The average molecular weight is 421 g/mol. The number of fused-ring (bicyclic) bond motifs is 6. The summed E-state index contributed by atoms with van der Waals surface area (Å²) in [5.41, 5.74) is -0.499. The van der Waals surface area contributed by atoms with Gasteiger partial charge in [0.05, 0.1) is 17.5 Å². The molecule has 6 rings (SSSR count). The quantitative estimate of drug-likeness (QED) is 0.524. The maximum Gasteiger partial charge on any atom is 0.240 e. The van der Waals surface area contributed by atoms with Crippen LogP contribution in [0.4, 0.5) is 5.69 Å². The first-order valence-electron chi connectivity index (χ1n) is 10.1. The monoisotopic (exact) mass is 420 g/mol. The van der Waals surface area contributed by atoms with Gasteiger partial charge in [-0.05, 0) is 43.7 Å². The summed E-state index contributed by atoms with van der Waals surface area (Å²) in [6, 6.07) is 12.9. The SMILES string of the molecule is O=C1C2C3CCCN3C3(C(=O)c4ccccc4C3=O)C2C(=O)N1c1ccc(Cl)cc1. The molecule has 6 nitrogen and oxygen atoms in total. The Bertz CT molecular complexity index is 1120. The molecule has 3 fully saturated rings. The van der Waals surface area contributed by atoms with Crippen LogP contribution in [0.3, 0.4) is 0 Å². The third-order valence-electron chi connectivity index (χ3n) is 7.16. The zero-order valence-electron chi connectivity index (χ0n) is 15.9. The summed E-state index contributed by atoms with van der Waals surface area (Å²) >= 11 is 5.96. The van der Waals surface area contributed by atoms with Gasteiger partial charge in [-0.3, -0.25) is 24.1 Å². The molecule has 3 heterocycles. The fraction of sp³-hybridized carbons (Fsp3) is 0.304. The van der Waals surface area contributed by atoms with E-state index in [4.69, 9.17) is 11.6 Å². The van der Waals surface area contributed by atoms with E-state index in [-0.39, 0.29) is 23.5 Å². The van der Waals surface area contributed by atoms with Crippen LogP contribution in [0.5, 0.6) is 0 Å². The van der Waals surface area contributed by atoms with Gasteiger partial charge in [-0.1, -0.05) is 35.9 Å². The highest BCUT2D eigenvalue weighted by Gasteiger charge is 2.76. The molecule has 3 aliphatic heterocycles.